The second kappa shape index (κ2) is 8.25. The fraction of sp³-hybridized carbons (Fsp3) is 0.318. The zero-order valence-corrected chi connectivity index (χ0v) is 16.0. The van der Waals surface area contributed by atoms with Crippen molar-refractivity contribution in [2.45, 2.75) is 25.8 Å². The molecule has 1 heterocycles. The van der Waals surface area contributed by atoms with Crippen LogP contribution in [-0.2, 0) is 4.79 Å². The second-order valence-electron chi connectivity index (χ2n) is 7.38. The van der Waals surface area contributed by atoms with Crippen molar-refractivity contribution in [3.63, 3.8) is 0 Å². The number of hydrogen-bond donors (Lipinski definition) is 2. The van der Waals surface area contributed by atoms with Crippen LogP contribution >= 0.6 is 0 Å². The third-order valence-electron chi connectivity index (χ3n) is 4.97. The second-order valence-corrected chi connectivity index (χ2v) is 7.38. The van der Waals surface area contributed by atoms with Crippen molar-refractivity contribution in [1.82, 2.24) is 10.2 Å². The van der Waals surface area contributed by atoms with Gasteiger partial charge in [-0.1, -0.05) is 30.3 Å². The summed E-state index contributed by atoms with van der Waals surface area (Å²) in [6.07, 6.45) is 0. The van der Waals surface area contributed by atoms with Crippen molar-refractivity contribution >= 4 is 17.8 Å². The Kier molecular flexibility index (Phi) is 5.78. The molecule has 1 aliphatic rings. The Morgan fingerprint density at radius 2 is 1.57 bits per heavy atom. The standard InChI is InChI=1S/C22H24N2O4/c1-14(2)23-20(25)16-8-10-17(11-9-16)21(26)24-12-18(19(13-24)22(27)28)15-6-4-3-5-7-15/h3-11,14,18-19H,12-13H2,1-2H3,(H,23,25)(H,27,28)/t18-,19-/m0/s1. The van der Waals surface area contributed by atoms with Crippen LogP contribution in [0.4, 0.5) is 0 Å². The van der Waals surface area contributed by atoms with E-state index in [0.717, 1.165) is 5.56 Å². The average molecular weight is 380 g/mol. The van der Waals surface area contributed by atoms with Gasteiger partial charge in [0, 0.05) is 36.2 Å². The number of amides is 2. The van der Waals surface area contributed by atoms with Gasteiger partial charge in [0.05, 0.1) is 5.92 Å². The highest BCUT2D eigenvalue weighted by Crippen LogP contribution is 2.33. The highest BCUT2D eigenvalue weighted by molar-refractivity contribution is 5.98. The molecule has 0 aliphatic carbocycles. The molecule has 0 saturated carbocycles. The monoisotopic (exact) mass is 380 g/mol. The van der Waals surface area contributed by atoms with E-state index in [0.29, 0.717) is 17.7 Å². The molecule has 6 nitrogen and oxygen atoms in total. The van der Waals surface area contributed by atoms with Crippen molar-refractivity contribution in [3.8, 4) is 0 Å². The maximum atomic E-state index is 12.9. The van der Waals surface area contributed by atoms with Gasteiger partial charge in [0.1, 0.15) is 0 Å². The molecule has 2 atom stereocenters. The number of nitrogens with one attached hydrogen (secondary N) is 1. The van der Waals surface area contributed by atoms with E-state index < -0.39 is 11.9 Å². The summed E-state index contributed by atoms with van der Waals surface area (Å²) in [4.78, 5) is 38.2. The lowest BCUT2D eigenvalue weighted by atomic mass is 9.89. The molecule has 6 heteroatoms. The molecular weight excluding hydrogens is 356 g/mol. The Morgan fingerprint density at radius 1 is 0.964 bits per heavy atom. The van der Waals surface area contributed by atoms with Crippen LogP contribution in [-0.4, -0.2) is 46.9 Å². The largest absolute Gasteiger partial charge is 0.481 e. The van der Waals surface area contributed by atoms with E-state index in [2.05, 4.69) is 5.32 Å². The summed E-state index contributed by atoms with van der Waals surface area (Å²) < 4.78 is 0. The van der Waals surface area contributed by atoms with Gasteiger partial charge in [0.15, 0.2) is 0 Å². The number of rotatable bonds is 5. The molecule has 0 unspecified atom stereocenters. The average Bonchev–Trinajstić information content (AvgIpc) is 3.13. The van der Waals surface area contributed by atoms with E-state index in [9.17, 15) is 19.5 Å². The maximum Gasteiger partial charge on any atom is 0.308 e. The molecule has 0 spiro atoms. The molecule has 2 aromatic carbocycles. The summed E-state index contributed by atoms with van der Waals surface area (Å²) in [6, 6.07) is 15.9. The molecule has 2 amide bonds. The number of carbonyl (C=O) groups is 3. The van der Waals surface area contributed by atoms with Gasteiger partial charge in [-0.15, -0.1) is 0 Å². The Bertz CT molecular complexity index is 862. The lowest BCUT2D eigenvalue weighted by molar-refractivity contribution is -0.141. The van der Waals surface area contributed by atoms with E-state index >= 15 is 0 Å². The Morgan fingerprint density at radius 3 is 2.14 bits per heavy atom. The first-order valence-corrected chi connectivity index (χ1v) is 9.34. The number of benzene rings is 2. The molecule has 146 valence electrons. The first-order chi connectivity index (χ1) is 13.4. The fourth-order valence-electron chi connectivity index (χ4n) is 3.55. The number of carboxylic acids is 1. The number of likely N-dealkylation sites (tertiary alicyclic amines) is 1. The summed E-state index contributed by atoms with van der Waals surface area (Å²) in [5.74, 6) is -2.18. The molecule has 3 rings (SSSR count). The molecule has 1 fully saturated rings. The van der Waals surface area contributed by atoms with Gasteiger partial charge < -0.3 is 15.3 Å². The highest BCUT2D eigenvalue weighted by Gasteiger charge is 2.40. The van der Waals surface area contributed by atoms with Gasteiger partial charge in [0.2, 0.25) is 0 Å². The van der Waals surface area contributed by atoms with Crippen molar-refractivity contribution in [2.75, 3.05) is 13.1 Å². The van der Waals surface area contributed by atoms with Crippen LogP contribution in [0.2, 0.25) is 0 Å². The van der Waals surface area contributed by atoms with Gasteiger partial charge in [-0.05, 0) is 43.7 Å². The van der Waals surface area contributed by atoms with Crippen LogP contribution in [0.25, 0.3) is 0 Å². The van der Waals surface area contributed by atoms with Crippen LogP contribution in [0.3, 0.4) is 0 Å². The topological polar surface area (TPSA) is 86.7 Å². The summed E-state index contributed by atoms with van der Waals surface area (Å²) >= 11 is 0. The minimum atomic E-state index is -0.898. The Labute approximate surface area is 164 Å². The smallest absolute Gasteiger partial charge is 0.308 e. The predicted molar refractivity (Wildman–Crippen MR) is 105 cm³/mol. The first-order valence-electron chi connectivity index (χ1n) is 9.34. The molecule has 0 aromatic heterocycles. The van der Waals surface area contributed by atoms with Gasteiger partial charge in [0.25, 0.3) is 11.8 Å². The van der Waals surface area contributed by atoms with E-state index in [1.807, 2.05) is 44.2 Å². The van der Waals surface area contributed by atoms with Gasteiger partial charge in [-0.2, -0.15) is 0 Å². The molecule has 0 radical (unpaired) electrons. The predicted octanol–water partition coefficient (Wildman–Crippen LogP) is 2.77. The molecule has 0 bridgehead atoms. The van der Waals surface area contributed by atoms with Crippen LogP contribution in [0, 0.1) is 5.92 Å². The zero-order valence-electron chi connectivity index (χ0n) is 16.0. The van der Waals surface area contributed by atoms with Crippen molar-refractivity contribution in [1.29, 1.82) is 0 Å². The highest BCUT2D eigenvalue weighted by atomic mass is 16.4. The molecule has 28 heavy (non-hydrogen) atoms. The normalized spacial score (nSPS) is 18.9. The number of carbonyl (C=O) groups excluding carboxylic acids is 2. The zero-order chi connectivity index (χ0) is 20.3. The fourth-order valence-corrected chi connectivity index (χ4v) is 3.55. The Balaban J connectivity index is 1.75. The first kappa shape index (κ1) is 19.6. The van der Waals surface area contributed by atoms with Gasteiger partial charge >= 0.3 is 5.97 Å². The number of aliphatic carboxylic acids is 1. The lowest BCUT2D eigenvalue weighted by Gasteiger charge is -2.17. The molecule has 2 N–H and O–H groups in total. The van der Waals surface area contributed by atoms with E-state index in [1.54, 1.807) is 29.2 Å². The van der Waals surface area contributed by atoms with Gasteiger partial charge in [-0.3, -0.25) is 14.4 Å². The van der Waals surface area contributed by atoms with E-state index in [4.69, 9.17) is 0 Å². The lowest BCUT2D eigenvalue weighted by Crippen LogP contribution is -2.31. The quantitative estimate of drug-likeness (QED) is 0.835. The molecule has 1 saturated heterocycles. The molecule has 1 aliphatic heterocycles. The van der Waals surface area contributed by atoms with Crippen LogP contribution in [0.1, 0.15) is 46.0 Å². The van der Waals surface area contributed by atoms with Gasteiger partial charge in [-0.25, -0.2) is 0 Å². The number of hydrogen-bond acceptors (Lipinski definition) is 3. The maximum absolute atomic E-state index is 12.9. The SMILES string of the molecule is CC(C)NC(=O)c1ccc(C(=O)N2C[C@H](C(=O)O)[C@H](c3ccccc3)C2)cc1. The van der Waals surface area contributed by atoms with E-state index in [1.165, 1.54) is 0 Å². The summed E-state index contributed by atoms with van der Waals surface area (Å²) in [5, 5.41) is 12.4. The van der Waals surface area contributed by atoms with Crippen molar-refractivity contribution in [2.24, 2.45) is 5.92 Å². The summed E-state index contributed by atoms with van der Waals surface area (Å²) in [6.45, 7) is 4.29. The van der Waals surface area contributed by atoms with Crippen molar-refractivity contribution in [3.05, 3.63) is 71.3 Å². The Hall–Kier alpha value is -3.15. The van der Waals surface area contributed by atoms with E-state index in [-0.39, 0.29) is 30.3 Å². The minimum absolute atomic E-state index is 0.0290. The third kappa shape index (κ3) is 4.22. The summed E-state index contributed by atoms with van der Waals surface area (Å²) in [7, 11) is 0. The van der Waals surface area contributed by atoms with Crippen LogP contribution in [0.5, 0.6) is 0 Å². The summed E-state index contributed by atoms with van der Waals surface area (Å²) in [5.41, 5.74) is 1.85. The van der Waals surface area contributed by atoms with Crippen molar-refractivity contribution < 1.29 is 19.5 Å². The van der Waals surface area contributed by atoms with Crippen LogP contribution < -0.4 is 5.32 Å². The minimum Gasteiger partial charge on any atom is -0.481 e. The molecule has 2 aromatic rings. The van der Waals surface area contributed by atoms with Crippen LogP contribution in [0.15, 0.2) is 54.6 Å². The number of nitrogens with zero attached hydrogens (tertiary/aromatic N) is 1. The number of carboxylic acid groups (broad SMARTS) is 1. The molecular formula is C22H24N2O4. The third-order valence-corrected chi connectivity index (χ3v) is 4.97.